The van der Waals surface area contributed by atoms with E-state index in [4.69, 9.17) is 21.9 Å². The van der Waals surface area contributed by atoms with E-state index in [0.717, 1.165) is 81.2 Å². The first-order valence-electron chi connectivity index (χ1n) is 35.5. The molecule has 4 saturated carbocycles. The van der Waals surface area contributed by atoms with Crippen molar-refractivity contribution in [2.75, 3.05) is 34.4 Å². The highest BCUT2D eigenvalue weighted by Crippen LogP contribution is 2.49. The third kappa shape index (κ3) is 25.3. The number of carbonyl (C=O) groups excluding carboxylic acids is 3. The average Bonchev–Trinajstić information content (AvgIpc) is 1.57. The number of para-hydroxylation sites is 2. The third-order valence-electron chi connectivity index (χ3n) is 19.4. The number of non-ortho nitro benzene ring substituents is 3. The minimum absolute atomic E-state index is 0.0266. The first-order valence-corrected chi connectivity index (χ1v) is 39.9. The molecule has 2 aliphatic heterocycles. The molecular weight excluding hydrogens is 1740 g/mol. The Morgan fingerprint density at radius 3 is 1.32 bits per heavy atom. The number of alkyl halides is 1. The maximum Gasteiger partial charge on any atom is 0.408 e. The Morgan fingerprint density at radius 1 is 0.509 bits per heavy atom. The highest BCUT2D eigenvalue weighted by Gasteiger charge is 2.55. The summed E-state index contributed by atoms with van der Waals surface area (Å²) >= 11 is 10.2. The summed E-state index contributed by atoms with van der Waals surface area (Å²) in [4.78, 5) is 72.7. The van der Waals surface area contributed by atoms with Crippen LogP contribution in [-0.2, 0) is 19.7 Å². The number of nitrogens with two attached hydrogens (primary N) is 3. The molecule has 14 rings (SSSR count). The Balaban J connectivity index is 0.000000175. The summed E-state index contributed by atoms with van der Waals surface area (Å²) in [5, 5.41) is 34.6. The van der Waals surface area contributed by atoms with Gasteiger partial charge in [0.05, 0.1) is 20.3 Å². The fourth-order valence-electron chi connectivity index (χ4n) is 12.0. The molecule has 0 radical (unpaired) electrons. The molecule has 4 aliphatic carbocycles. The number of nitro benzene ring substituents is 3. The topological polar surface area (TPSA) is 286 Å². The second-order valence-corrected chi connectivity index (χ2v) is 33.2. The standard InChI is InChI=1S/C21H28N2O3.C16H20N2O.C8H8BrI.C8H9I.C8H9NO2.C8H11N.C7H6INO2.C7H8N2O2/c1-20(2,3)26-19(25)22-21(11-12-21)18(24)16-10-13-23(14-8-9-14)17-7-5-4-6-15(16)17;17-16(8-9-16)15(19)13-7-10-18(11-5-6-11)14-4-2-1-3-12(13)14;1-6-2-3-8(10)4-7(6)5-9;1-6-3-4-8(9)5-7(6)2;1-6-3-4-8(9(10)11)5-7(6)2;1-6-3-4-8(9)5-7(6)2;2*1-5-4-6(9(10)11)2-3-7(5)8/h4-7,14,16H,8-13H2,1-3H3,(H,22,25);1-4,11,13H,5-10,17H2;2-4H,5H2,1H3;3-5H,1-2H3;3-5H,1-2H3;3-5H,9H2,1-2H3;2-4H,1H3;2-4H,8H2,1H3. The SMILES string of the molecule is CC(C)(C)OC(=O)NC1(C(=O)C2CCN(C3CC3)c3ccccc32)CC1.Cc1cc([N+](=O)[O-])ccc1I.Cc1cc([N+](=O)[O-])ccc1N.Cc1ccc(I)cc1C.Cc1ccc(I)cc1CBr.Cc1ccc(N)cc1C.Cc1ccc([N+](=O)[O-])cc1C.NC1(C(=O)C2CCN(C3CC3)c3ccccc32)CC1. The number of anilines is 4. The summed E-state index contributed by atoms with van der Waals surface area (Å²) in [5.74, 6) is 0.305. The number of nitro groups is 3. The summed E-state index contributed by atoms with van der Waals surface area (Å²) < 4.78 is 9.03. The van der Waals surface area contributed by atoms with Gasteiger partial charge in [-0.1, -0.05) is 76.6 Å². The number of nitrogen functional groups attached to an aromatic ring is 2. The smallest absolute Gasteiger partial charge is 0.408 e. The number of Topliss-reactive ketones (excluding diaryl/α,β-unsaturated/α-hetero) is 2. The number of hydrogen-bond acceptors (Lipinski definition) is 15. The molecule has 2 unspecified atom stereocenters. The number of carbonyl (C=O) groups is 3. The minimum atomic E-state index is -0.734. The number of benzene rings is 8. The van der Waals surface area contributed by atoms with Gasteiger partial charge in [-0.05, 0) is 342 Å². The lowest BCUT2D eigenvalue weighted by Crippen LogP contribution is -2.48. The summed E-state index contributed by atoms with van der Waals surface area (Å²) in [6.07, 6.45) is 9.51. The van der Waals surface area contributed by atoms with Crippen LogP contribution >= 0.6 is 83.7 Å². The number of rotatable bonds is 11. The van der Waals surface area contributed by atoms with Crippen LogP contribution in [0.5, 0.6) is 0 Å². The number of amides is 1. The van der Waals surface area contributed by atoms with E-state index in [9.17, 15) is 44.7 Å². The van der Waals surface area contributed by atoms with Gasteiger partial charge in [-0.3, -0.25) is 39.9 Å². The van der Waals surface area contributed by atoms with Crippen molar-refractivity contribution in [2.45, 2.75) is 193 Å². The summed E-state index contributed by atoms with van der Waals surface area (Å²) in [7, 11) is 0. The molecule has 0 saturated heterocycles. The Hall–Kier alpha value is -7.60. The van der Waals surface area contributed by atoms with E-state index >= 15 is 0 Å². The molecule has 1 amide bonds. The van der Waals surface area contributed by atoms with Crippen LogP contribution in [0.3, 0.4) is 0 Å². The zero-order valence-corrected chi connectivity index (χ0v) is 70.6. The molecule has 8 aromatic carbocycles. The summed E-state index contributed by atoms with van der Waals surface area (Å²) in [6.45, 7) is 25.3. The quantitative estimate of drug-likeness (QED) is 0.0308. The molecule has 19 nitrogen and oxygen atoms in total. The van der Waals surface area contributed by atoms with Crippen LogP contribution in [-0.4, -0.2) is 74.3 Å². The first-order chi connectivity index (χ1) is 49.9. The van der Waals surface area contributed by atoms with Gasteiger partial charge in [0.15, 0.2) is 11.6 Å². The highest BCUT2D eigenvalue weighted by molar-refractivity contribution is 14.1. The van der Waals surface area contributed by atoms with Crippen LogP contribution in [0.1, 0.15) is 164 Å². The number of nitrogens with one attached hydrogen (secondary N) is 1. The van der Waals surface area contributed by atoms with Crippen LogP contribution in [0.25, 0.3) is 0 Å². The molecule has 2 heterocycles. The lowest BCUT2D eigenvalue weighted by Gasteiger charge is -2.36. The highest BCUT2D eigenvalue weighted by atomic mass is 127. The molecule has 0 spiro atoms. The van der Waals surface area contributed by atoms with Crippen molar-refractivity contribution >= 4 is 141 Å². The van der Waals surface area contributed by atoms with Gasteiger partial charge in [-0.2, -0.15) is 0 Å². The number of ketones is 2. The maximum atomic E-state index is 13.3. The molecule has 2 atom stereocenters. The van der Waals surface area contributed by atoms with E-state index in [1.165, 1.54) is 113 Å². The van der Waals surface area contributed by atoms with Crippen molar-refractivity contribution in [3.63, 3.8) is 0 Å². The van der Waals surface area contributed by atoms with Crippen molar-refractivity contribution in [1.29, 1.82) is 0 Å². The average molecular weight is 1840 g/mol. The molecule has 23 heteroatoms. The summed E-state index contributed by atoms with van der Waals surface area (Å²) in [6, 6.07) is 51.0. The largest absolute Gasteiger partial charge is 0.444 e. The first kappa shape index (κ1) is 85.6. The van der Waals surface area contributed by atoms with Crippen LogP contribution in [0.15, 0.2) is 158 Å². The number of ether oxygens (including phenoxy) is 1. The minimum Gasteiger partial charge on any atom is -0.444 e. The molecular formula is C83H99BrI3N9O10. The monoisotopic (exact) mass is 1840 g/mol. The van der Waals surface area contributed by atoms with Crippen molar-refractivity contribution in [2.24, 2.45) is 5.73 Å². The van der Waals surface area contributed by atoms with Crippen molar-refractivity contribution < 1.29 is 33.9 Å². The predicted octanol–water partition coefficient (Wildman–Crippen LogP) is 20.5. The van der Waals surface area contributed by atoms with E-state index < -0.39 is 27.7 Å². The van der Waals surface area contributed by atoms with Crippen molar-refractivity contribution in [3.8, 4) is 0 Å². The number of halogens is 4. The molecule has 8 aromatic rings. The van der Waals surface area contributed by atoms with Crippen LogP contribution < -0.4 is 32.3 Å². The van der Waals surface area contributed by atoms with Crippen LogP contribution in [0, 0.1) is 103 Å². The van der Waals surface area contributed by atoms with E-state index in [0.29, 0.717) is 30.6 Å². The van der Waals surface area contributed by atoms with Gasteiger partial charge in [0.2, 0.25) is 0 Å². The number of fused-ring (bicyclic) bond motifs is 2. The number of hydrogen-bond donors (Lipinski definition) is 4. The number of nitrogens with zero attached hydrogens (tertiary/aromatic N) is 5. The Labute approximate surface area is 673 Å². The predicted molar refractivity (Wildman–Crippen MR) is 457 cm³/mol. The Kier molecular flexibility index (Phi) is 31.1. The van der Waals surface area contributed by atoms with Crippen molar-refractivity contribution in [3.05, 3.63) is 266 Å². The second-order valence-electron chi connectivity index (χ2n) is 29.0. The Bertz CT molecular complexity index is 4260. The zero-order valence-electron chi connectivity index (χ0n) is 62.6. The summed E-state index contributed by atoms with van der Waals surface area (Å²) in [5.41, 5.74) is 33.7. The molecule has 4 fully saturated rings. The van der Waals surface area contributed by atoms with Gasteiger partial charge in [-0.25, -0.2) is 4.79 Å². The molecule has 6 aliphatic rings. The van der Waals surface area contributed by atoms with Gasteiger partial charge in [0.25, 0.3) is 17.1 Å². The van der Waals surface area contributed by atoms with Gasteiger partial charge in [0, 0.05) is 112 Å². The normalized spacial score (nSPS) is 16.4. The van der Waals surface area contributed by atoms with E-state index in [1.54, 1.807) is 31.2 Å². The maximum absolute atomic E-state index is 13.3. The zero-order chi connectivity index (χ0) is 78.1. The fraction of sp³-hybridized carbons (Fsp3) is 0.386. The molecule has 7 N–H and O–H groups in total. The number of aryl methyl sites for hydroxylation is 9. The fourth-order valence-corrected chi connectivity index (χ4v) is 14.1. The second kappa shape index (κ2) is 38.5. The van der Waals surface area contributed by atoms with E-state index in [-0.39, 0.29) is 50.3 Å². The number of alkyl carbamates (subject to hydrolysis) is 1. The van der Waals surface area contributed by atoms with E-state index in [2.05, 4.69) is 200 Å². The van der Waals surface area contributed by atoms with E-state index in [1.807, 2.05) is 77.9 Å². The molecule has 0 aromatic heterocycles. The Morgan fingerprint density at radius 2 is 0.925 bits per heavy atom. The van der Waals surface area contributed by atoms with Gasteiger partial charge in [-0.15, -0.1) is 0 Å². The van der Waals surface area contributed by atoms with Gasteiger partial charge < -0.3 is 37.1 Å². The lowest BCUT2D eigenvalue weighted by molar-refractivity contribution is -0.385. The molecule has 0 bridgehead atoms. The van der Waals surface area contributed by atoms with Crippen LogP contribution in [0.4, 0.5) is 44.6 Å². The molecule has 564 valence electrons. The van der Waals surface area contributed by atoms with Crippen molar-refractivity contribution in [1.82, 2.24) is 5.32 Å². The third-order valence-corrected chi connectivity index (χ3v) is 22.5. The van der Waals surface area contributed by atoms with Crippen LogP contribution in [0.2, 0.25) is 0 Å². The van der Waals surface area contributed by atoms with Gasteiger partial charge >= 0.3 is 6.09 Å². The van der Waals surface area contributed by atoms with Gasteiger partial charge in [0.1, 0.15) is 11.1 Å². The molecule has 106 heavy (non-hydrogen) atoms. The lowest BCUT2D eigenvalue weighted by atomic mass is 9.83.